The van der Waals surface area contributed by atoms with Crippen LogP contribution < -0.4 is 0 Å². The number of aromatic nitrogens is 2. The van der Waals surface area contributed by atoms with Gasteiger partial charge in [-0.3, -0.25) is 4.90 Å². The van der Waals surface area contributed by atoms with Gasteiger partial charge in [0.05, 0.1) is 24.2 Å². The number of rotatable bonds is 5. The van der Waals surface area contributed by atoms with Crippen LogP contribution in [0.2, 0.25) is 0 Å². The summed E-state index contributed by atoms with van der Waals surface area (Å²) in [5, 5.41) is 0.160. The summed E-state index contributed by atoms with van der Waals surface area (Å²) >= 11 is 0. The zero-order valence-electron chi connectivity index (χ0n) is 13.6. The molecule has 2 aromatic rings. The molecule has 0 radical (unpaired) electrons. The monoisotopic (exact) mass is 337 g/mol. The number of sulfone groups is 1. The molecule has 7 heteroatoms. The van der Waals surface area contributed by atoms with Crippen LogP contribution in [0.3, 0.4) is 0 Å². The van der Waals surface area contributed by atoms with Gasteiger partial charge in [-0.05, 0) is 18.1 Å². The van der Waals surface area contributed by atoms with E-state index in [2.05, 4.69) is 16.8 Å². The first-order valence-electron chi connectivity index (χ1n) is 7.90. The molecule has 0 saturated carbocycles. The lowest BCUT2D eigenvalue weighted by Gasteiger charge is -2.29. The summed E-state index contributed by atoms with van der Waals surface area (Å²) in [7, 11) is -3.36. The standard InChI is InChI=1S/C16H23N3O3S/c1-13(11-18-7-9-22-10-8-18)12-19-15-6-4-3-5-14(15)17-16(19)23(2,20)21/h3-6,13H,7-12H2,1-2H3. The Morgan fingerprint density at radius 3 is 2.61 bits per heavy atom. The summed E-state index contributed by atoms with van der Waals surface area (Å²) in [6.07, 6.45) is 1.22. The third-order valence-electron chi connectivity index (χ3n) is 4.12. The van der Waals surface area contributed by atoms with E-state index in [1.54, 1.807) is 0 Å². The van der Waals surface area contributed by atoms with E-state index in [-0.39, 0.29) is 5.16 Å². The summed E-state index contributed by atoms with van der Waals surface area (Å²) in [5.74, 6) is 0.325. The van der Waals surface area contributed by atoms with Crippen molar-refractivity contribution in [3.63, 3.8) is 0 Å². The Morgan fingerprint density at radius 1 is 1.22 bits per heavy atom. The van der Waals surface area contributed by atoms with E-state index >= 15 is 0 Å². The van der Waals surface area contributed by atoms with E-state index in [0.717, 1.165) is 43.9 Å². The number of ether oxygens (including phenoxy) is 1. The average Bonchev–Trinajstić information content (AvgIpc) is 2.87. The minimum atomic E-state index is -3.36. The highest BCUT2D eigenvalue weighted by molar-refractivity contribution is 7.90. The Labute approximate surface area is 137 Å². The highest BCUT2D eigenvalue weighted by Crippen LogP contribution is 2.21. The summed E-state index contributed by atoms with van der Waals surface area (Å²) in [6, 6.07) is 7.58. The van der Waals surface area contributed by atoms with E-state index in [9.17, 15) is 8.42 Å². The molecule has 0 amide bonds. The molecule has 1 aliphatic rings. The lowest BCUT2D eigenvalue weighted by Crippen LogP contribution is -2.39. The normalized spacial score (nSPS) is 18.3. The molecule has 1 aromatic carbocycles. The molecule has 0 aliphatic carbocycles. The third kappa shape index (κ3) is 3.73. The van der Waals surface area contributed by atoms with Gasteiger partial charge in [-0.2, -0.15) is 0 Å². The van der Waals surface area contributed by atoms with Crippen molar-refractivity contribution in [1.82, 2.24) is 14.5 Å². The van der Waals surface area contributed by atoms with Crippen molar-refractivity contribution >= 4 is 20.9 Å². The maximum Gasteiger partial charge on any atom is 0.228 e. The van der Waals surface area contributed by atoms with Gasteiger partial charge in [0.15, 0.2) is 0 Å². The molecule has 1 saturated heterocycles. The molecular formula is C16H23N3O3S. The number of hydrogen-bond acceptors (Lipinski definition) is 5. The Balaban J connectivity index is 1.86. The van der Waals surface area contributed by atoms with Crippen LogP contribution in [-0.4, -0.2) is 62.0 Å². The van der Waals surface area contributed by atoms with Gasteiger partial charge in [-0.1, -0.05) is 19.1 Å². The van der Waals surface area contributed by atoms with Crippen molar-refractivity contribution in [1.29, 1.82) is 0 Å². The highest BCUT2D eigenvalue weighted by atomic mass is 32.2. The van der Waals surface area contributed by atoms with E-state index < -0.39 is 9.84 Å². The van der Waals surface area contributed by atoms with Crippen LogP contribution in [0.25, 0.3) is 11.0 Å². The van der Waals surface area contributed by atoms with Crippen LogP contribution in [0.5, 0.6) is 0 Å². The largest absolute Gasteiger partial charge is 0.379 e. The van der Waals surface area contributed by atoms with Gasteiger partial charge >= 0.3 is 0 Å². The molecule has 1 fully saturated rings. The van der Waals surface area contributed by atoms with E-state index in [4.69, 9.17) is 4.74 Å². The molecule has 23 heavy (non-hydrogen) atoms. The summed E-state index contributed by atoms with van der Waals surface area (Å²) in [4.78, 5) is 6.69. The molecular weight excluding hydrogens is 314 g/mol. The van der Waals surface area contributed by atoms with Gasteiger partial charge in [0.1, 0.15) is 0 Å². The number of imidazole rings is 1. The average molecular weight is 337 g/mol. The molecule has 1 atom stereocenters. The van der Waals surface area contributed by atoms with Gasteiger partial charge in [0.25, 0.3) is 0 Å². The van der Waals surface area contributed by atoms with Crippen molar-refractivity contribution in [3.05, 3.63) is 24.3 Å². The second kappa shape index (κ2) is 6.59. The number of nitrogens with zero attached hydrogens (tertiary/aromatic N) is 3. The minimum Gasteiger partial charge on any atom is -0.379 e. The van der Waals surface area contributed by atoms with Crippen molar-refractivity contribution in [2.45, 2.75) is 18.6 Å². The minimum absolute atomic E-state index is 0.160. The molecule has 3 rings (SSSR count). The second-order valence-corrected chi connectivity index (χ2v) is 8.19. The van der Waals surface area contributed by atoms with Crippen molar-refractivity contribution in [3.8, 4) is 0 Å². The zero-order chi connectivity index (χ0) is 16.4. The summed E-state index contributed by atoms with van der Waals surface area (Å²) < 4.78 is 31.4. The van der Waals surface area contributed by atoms with Gasteiger partial charge < -0.3 is 9.30 Å². The Bertz CT molecular complexity index is 779. The fraction of sp³-hybridized carbons (Fsp3) is 0.562. The predicted molar refractivity (Wildman–Crippen MR) is 89.3 cm³/mol. The van der Waals surface area contributed by atoms with E-state index in [1.165, 1.54) is 6.26 Å². The molecule has 126 valence electrons. The molecule has 0 bridgehead atoms. The summed E-state index contributed by atoms with van der Waals surface area (Å²) in [6.45, 7) is 7.14. The maximum atomic E-state index is 12.1. The van der Waals surface area contributed by atoms with Gasteiger partial charge in [0.2, 0.25) is 15.0 Å². The van der Waals surface area contributed by atoms with Crippen LogP contribution in [-0.2, 0) is 21.1 Å². The van der Waals surface area contributed by atoms with E-state index in [1.807, 2.05) is 28.8 Å². The van der Waals surface area contributed by atoms with Crippen molar-refractivity contribution < 1.29 is 13.2 Å². The number of para-hydroxylation sites is 2. The Morgan fingerprint density at radius 2 is 1.91 bits per heavy atom. The fourth-order valence-electron chi connectivity index (χ4n) is 3.11. The molecule has 1 aromatic heterocycles. The van der Waals surface area contributed by atoms with Gasteiger partial charge in [0, 0.05) is 32.4 Å². The van der Waals surface area contributed by atoms with Crippen molar-refractivity contribution in [2.24, 2.45) is 5.92 Å². The zero-order valence-corrected chi connectivity index (χ0v) is 14.4. The number of fused-ring (bicyclic) bond motifs is 1. The number of benzene rings is 1. The quantitative estimate of drug-likeness (QED) is 0.825. The van der Waals surface area contributed by atoms with E-state index in [0.29, 0.717) is 12.5 Å². The third-order valence-corrected chi connectivity index (χ3v) is 5.09. The number of hydrogen-bond donors (Lipinski definition) is 0. The first-order valence-corrected chi connectivity index (χ1v) is 9.80. The highest BCUT2D eigenvalue weighted by Gasteiger charge is 2.21. The molecule has 6 nitrogen and oxygen atoms in total. The first kappa shape index (κ1) is 16.4. The smallest absolute Gasteiger partial charge is 0.228 e. The van der Waals surface area contributed by atoms with Crippen LogP contribution in [0.15, 0.2) is 29.4 Å². The van der Waals surface area contributed by atoms with Crippen LogP contribution in [0.4, 0.5) is 0 Å². The van der Waals surface area contributed by atoms with Crippen LogP contribution in [0.1, 0.15) is 6.92 Å². The molecule has 1 unspecified atom stereocenters. The lowest BCUT2D eigenvalue weighted by atomic mass is 10.1. The Hall–Kier alpha value is -1.44. The molecule has 2 heterocycles. The maximum absolute atomic E-state index is 12.1. The first-order chi connectivity index (χ1) is 10.9. The fourth-order valence-corrected chi connectivity index (χ4v) is 3.94. The van der Waals surface area contributed by atoms with Crippen molar-refractivity contribution in [2.75, 3.05) is 39.1 Å². The topological polar surface area (TPSA) is 64.4 Å². The molecule has 0 spiro atoms. The SMILES string of the molecule is CC(CN1CCOCC1)Cn1c(S(C)(=O)=O)nc2ccccc21. The Kier molecular flexibility index (Phi) is 4.70. The van der Waals surface area contributed by atoms with Crippen LogP contribution >= 0.6 is 0 Å². The number of morpholine rings is 1. The molecule has 0 N–H and O–H groups in total. The van der Waals surface area contributed by atoms with Crippen LogP contribution in [0, 0.1) is 5.92 Å². The summed E-state index contributed by atoms with van der Waals surface area (Å²) in [5.41, 5.74) is 1.60. The lowest BCUT2D eigenvalue weighted by molar-refractivity contribution is 0.0306. The second-order valence-electron chi connectivity index (χ2n) is 6.28. The predicted octanol–water partition coefficient (Wildman–Crippen LogP) is 1.41. The van der Waals surface area contributed by atoms with Gasteiger partial charge in [-0.15, -0.1) is 0 Å². The molecule has 1 aliphatic heterocycles. The van der Waals surface area contributed by atoms with Gasteiger partial charge in [-0.25, -0.2) is 13.4 Å².